The van der Waals surface area contributed by atoms with E-state index in [1.165, 1.54) is 18.2 Å². The van der Waals surface area contributed by atoms with Gasteiger partial charge in [-0.1, -0.05) is 23.7 Å². The predicted octanol–water partition coefficient (Wildman–Crippen LogP) is 4.58. The number of piperidine rings is 1. The number of nitrogens with zero attached hydrogens (tertiary/aromatic N) is 3. The number of rotatable bonds is 3. The standard InChI is InChI=1S/C23H20ClFN4O2/c1-27-18-11-20-19(10-17(18)24)28-13-21(31-20)22(30)29-8-6-23(14-26,7-9-29)12-15-2-4-16(25)5-3-15/h2-5,10-11,21,28H,6-9,12-13H2. The van der Waals surface area contributed by atoms with Crippen LogP contribution in [0.15, 0.2) is 36.4 Å². The first-order chi connectivity index (χ1) is 14.9. The SMILES string of the molecule is [C-]#[N+]c1cc2c(cc1Cl)NCC(C(=O)N1CCC(C#N)(Cc3ccc(F)cc3)CC1)O2. The smallest absolute Gasteiger partial charge is 0.265 e. The molecule has 0 bridgehead atoms. The molecule has 0 saturated carbocycles. The number of amides is 1. The van der Waals surface area contributed by atoms with Crippen LogP contribution in [-0.2, 0) is 11.2 Å². The molecule has 2 aromatic carbocycles. The topological polar surface area (TPSA) is 69.7 Å². The molecule has 2 heterocycles. The lowest BCUT2D eigenvalue weighted by atomic mass is 9.75. The van der Waals surface area contributed by atoms with E-state index < -0.39 is 11.5 Å². The number of hydrogen-bond donors (Lipinski definition) is 1. The molecule has 0 aliphatic carbocycles. The largest absolute Gasteiger partial charge is 0.478 e. The number of nitriles is 1. The minimum atomic E-state index is -0.709. The average molecular weight is 439 g/mol. The van der Waals surface area contributed by atoms with Crippen molar-refractivity contribution in [1.82, 2.24) is 4.90 Å². The molecular formula is C23H20ClFN4O2. The van der Waals surface area contributed by atoms with Crippen molar-refractivity contribution in [2.75, 3.05) is 25.0 Å². The van der Waals surface area contributed by atoms with E-state index in [4.69, 9.17) is 22.9 Å². The predicted molar refractivity (Wildman–Crippen MR) is 115 cm³/mol. The van der Waals surface area contributed by atoms with Gasteiger partial charge in [0.05, 0.1) is 30.3 Å². The van der Waals surface area contributed by atoms with Crippen molar-refractivity contribution in [2.45, 2.75) is 25.4 Å². The molecule has 158 valence electrons. The number of ether oxygens (including phenoxy) is 1. The van der Waals surface area contributed by atoms with Gasteiger partial charge in [0.15, 0.2) is 6.10 Å². The second-order valence-corrected chi connectivity index (χ2v) is 8.33. The van der Waals surface area contributed by atoms with E-state index in [0.29, 0.717) is 55.4 Å². The highest BCUT2D eigenvalue weighted by atomic mass is 35.5. The fourth-order valence-corrected chi connectivity index (χ4v) is 4.29. The third kappa shape index (κ3) is 4.28. The van der Waals surface area contributed by atoms with E-state index in [1.54, 1.807) is 23.1 Å². The average Bonchev–Trinajstić information content (AvgIpc) is 2.80. The van der Waals surface area contributed by atoms with E-state index in [0.717, 1.165) is 5.56 Å². The molecule has 0 aromatic heterocycles. The number of fused-ring (bicyclic) bond motifs is 1. The Morgan fingerprint density at radius 2 is 2.06 bits per heavy atom. The van der Waals surface area contributed by atoms with Gasteiger partial charge in [0, 0.05) is 18.1 Å². The molecule has 2 aliphatic heterocycles. The summed E-state index contributed by atoms with van der Waals surface area (Å²) in [4.78, 5) is 18.1. The Labute approximate surface area is 185 Å². The van der Waals surface area contributed by atoms with E-state index in [9.17, 15) is 14.4 Å². The number of anilines is 1. The molecule has 0 spiro atoms. The third-order valence-electron chi connectivity index (χ3n) is 5.92. The van der Waals surface area contributed by atoms with E-state index in [1.807, 2.05) is 0 Å². The van der Waals surface area contributed by atoms with Crippen molar-refractivity contribution in [3.05, 3.63) is 64.2 Å². The maximum atomic E-state index is 13.2. The zero-order valence-corrected chi connectivity index (χ0v) is 17.5. The molecule has 1 unspecified atom stereocenters. The van der Waals surface area contributed by atoms with Gasteiger partial charge in [0.25, 0.3) is 5.91 Å². The number of hydrogen-bond acceptors (Lipinski definition) is 4. The van der Waals surface area contributed by atoms with Crippen LogP contribution in [0.4, 0.5) is 15.8 Å². The molecule has 31 heavy (non-hydrogen) atoms. The normalized spacial score (nSPS) is 19.2. The summed E-state index contributed by atoms with van der Waals surface area (Å²) < 4.78 is 19.0. The van der Waals surface area contributed by atoms with E-state index in [-0.39, 0.29) is 17.4 Å². The Morgan fingerprint density at radius 3 is 2.71 bits per heavy atom. The van der Waals surface area contributed by atoms with Gasteiger partial charge in [0.2, 0.25) is 5.69 Å². The van der Waals surface area contributed by atoms with Gasteiger partial charge < -0.3 is 15.0 Å². The van der Waals surface area contributed by atoms with Crippen LogP contribution < -0.4 is 10.1 Å². The Morgan fingerprint density at radius 1 is 1.35 bits per heavy atom. The first kappa shape index (κ1) is 21.0. The summed E-state index contributed by atoms with van der Waals surface area (Å²) in [7, 11) is 0. The molecule has 0 radical (unpaired) electrons. The number of carbonyl (C=O) groups excluding carboxylic acids is 1. The van der Waals surface area contributed by atoms with E-state index >= 15 is 0 Å². The minimum absolute atomic E-state index is 0.147. The van der Waals surface area contributed by atoms with Crippen LogP contribution in [0.2, 0.25) is 5.02 Å². The van der Waals surface area contributed by atoms with Crippen molar-refractivity contribution in [1.29, 1.82) is 5.26 Å². The van der Waals surface area contributed by atoms with Crippen LogP contribution >= 0.6 is 11.6 Å². The summed E-state index contributed by atoms with van der Waals surface area (Å²) in [6, 6.07) is 11.8. The molecule has 4 rings (SSSR count). The number of halogens is 2. The molecule has 6 nitrogen and oxygen atoms in total. The molecule has 1 fully saturated rings. The zero-order chi connectivity index (χ0) is 22.0. The third-order valence-corrected chi connectivity index (χ3v) is 6.22. The molecule has 1 amide bonds. The van der Waals surface area contributed by atoms with Gasteiger partial charge in [-0.05, 0) is 49.1 Å². The highest BCUT2D eigenvalue weighted by Gasteiger charge is 2.39. The summed E-state index contributed by atoms with van der Waals surface area (Å²) in [5, 5.41) is 13.3. The molecule has 1 N–H and O–H groups in total. The van der Waals surface area contributed by atoms with Crippen molar-refractivity contribution in [3.63, 3.8) is 0 Å². The van der Waals surface area contributed by atoms with Gasteiger partial charge in [-0.2, -0.15) is 5.26 Å². The molecule has 2 aliphatic rings. The molecular weight excluding hydrogens is 419 g/mol. The van der Waals surface area contributed by atoms with Crippen LogP contribution in [0.1, 0.15) is 18.4 Å². The van der Waals surface area contributed by atoms with Gasteiger partial charge in [0.1, 0.15) is 11.6 Å². The lowest BCUT2D eigenvalue weighted by molar-refractivity contribution is -0.140. The summed E-state index contributed by atoms with van der Waals surface area (Å²) in [5.74, 6) is -0.0193. The molecule has 8 heteroatoms. The number of nitrogens with one attached hydrogen (secondary N) is 1. The first-order valence-electron chi connectivity index (χ1n) is 9.99. The van der Waals surface area contributed by atoms with Crippen molar-refractivity contribution in [2.24, 2.45) is 5.41 Å². The highest BCUT2D eigenvalue weighted by Crippen LogP contribution is 2.39. The van der Waals surface area contributed by atoms with Gasteiger partial charge in [-0.3, -0.25) is 4.79 Å². The van der Waals surface area contributed by atoms with Crippen LogP contribution in [0, 0.1) is 29.1 Å². The summed E-state index contributed by atoms with van der Waals surface area (Å²) in [5.41, 5.74) is 1.26. The number of carbonyl (C=O) groups is 1. The van der Waals surface area contributed by atoms with Crippen LogP contribution in [0.3, 0.4) is 0 Å². The molecule has 1 saturated heterocycles. The fourth-order valence-electron chi connectivity index (χ4n) is 4.08. The lowest BCUT2D eigenvalue weighted by Crippen LogP contribution is -2.51. The zero-order valence-electron chi connectivity index (χ0n) is 16.7. The Hall–Kier alpha value is -3.29. The quantitative estimate of drug-likeness (QED) is 0.712. The van der Waals surface area contributed by atoms with E-state index in [2.05, 4.69) is 16.2 Å². The highest BCUT2D eigenvalue weighted by molar-refractivity contribution is 6.33. The van der Waals surface area contributed by atoms with Crippen LogP contribution in [0.5, 0.6) is 5.75 Å². The first-order valence-corrected chi connectivity index (χ1v) is 10.4. The van der Waals surface area contributed by atoms with Crippen molar-refractivity contribution < 1.29 is 13.9 Å². The van der Waals surface area contributed by atoms with Crippen LogP contribution in [-0.4, -0.2) is 36.5 Å². The maximum Gasteiger partial charge on any atom is 0.265 e. The monoisotopic (exact) mass is 438 g/mol. The summed E-state index contributed by atoms with van der Waals surface area (Å²) in [6.07, 6.45) is 0.904. The van der Waals surface area contributed by atoms with Crippen LogP contribution in [0.25, 0.3) is 4.85 Å². The Bertz CT molecular complexity index is 1080. The Kier molecular flexibility index (Phi) is 5.71. The van der Waals surface area contributed by atoms with Gasteiger partial charge in [-0.15, -0.1) is 0 Å². The second kappa shape index (κ2) is 8.45. The van der Waals surface area contributed by atoms with Crippen molar-refractivity contribution >= 4 is 28.9 Å². The lowest BCUT2D eigenvalue weighted by Gasteiger charge is -2.39. The molecule has 2 aromatic rings. The maximum absolute atomic E-state index is 13.2. The Balaban J connectivity index is 1.41. The summed E-state index contributed by atoms with van der Waals surface area (Å²) in [6.45, 7) is 8.39. The number of likely N-dealkylation sites (tertiary alicyclic amines) is 1. The minimum Gasteiger partial charge on any atom is -0.478 e. The summed E-state index contributed by atoms with van der Waals surface area (Å²) >= 11 is 6.06. The van der Waals surface area contributed by atoms with Crippen molar-refractivity contribution in [3.8, 4) is 11.8 Å². The fraction of sp³-hybridized carbons (Fsp3) is 0.348. The molecule has 1 atom stereocenters. The number of benzene rings is 2. The van der Waals surface area contributed by atoms with Gasteiger partial charge in [-0.25, -0.2) is 9.24 Å². The van der Waals surface area contributed by atoms with Gasteiger partial charge >= 0.3 is 0 Å². The second-order valence-electron chi connectivity index (χ2n) is 7.92.